The van der Waals surface area contributed by atoms with Gasteiger partial charge in [0, 0.05) is 9.77 Å². The monoisotopic (exact) mass is 346 g/mol. The highest BCUT2D eigenvalue weighted by atomic mass is 127. The molecule has 2 rings (SSSR count). The van der Waals surface area contributed by atoms with Crippen LogP contribution in [-0.2, 0) is 0 Å². The maximum Gasteiger partial charge on any atom is 0.221 e. The molecule has 1 aromatic heterocycles. The fourth-order valence-corrected chi connectivity index (χ4v) is 2.08. The normalized spacial score (nSPS) is 10.1. The molecule has 0 saturated carbocycles. The van der Waals surface area contributed by atoms with E-state index in [0.29, 0.717) is 10.8 Å². The lowest BCUT2D eigenvalue weighted by Crippen LogP contribution is -1.99. The van der Waals surface area contributed by atoms with E-state index in [1.54, 1.807) is 12.3 Å². The highest BCUT2D eigenvalue weighted by Crippen LogP contribution is 2.26. The Kier molecular flexibility index (Phi) is 3.45. The first-order valence-electron chi connectivity index (χ1n) is 4.46. The third kappa shape index (κ3) is 2.73. The quantitative estimate of drug-likeness (QED) is 0.820. The lowest BCUT2D eigenvalue weighted by molar-refractivity contribution is 1.18. The lowest BCUT2D eigenvalue weighted by Gasteiger charge is -2.07. The van der Waals surface area contributed by atoms with Crippen molar-refractivity contribution >= 4 is 51.6 Å². The van der Waals surface area contributed by atoms with Crippen LogP contribution in [0.5, 0.6) is 0 Å². The molecule has 0 spiro atoms. The number of nitrogens with two attached hydrogens (primary N) is 1. The van der Waals surface area contributed by atoms with Crippen LogP contribution >= 0.6 is 34.2 Å². The fourth-order valence-electron chi connectivity index (χ4n) is 1.17. The second-order valence-electron chi connectivity index (χ2n) is 3.05. The van der Waals surface area contributed by atoms with Gasteiger partial charge < -0.3 is 11.1 Å². The van der Waals surface area contributed by atoms with E-state index in [9.17, 15) is 0 Å². The van der Waals surface area contributed by atoms with Gasteiger partial charge in [-0.3, -0.25) is 0 Å². The Morgan fingerprint density at radius 2 is 2.12 bits per heavy atom. The van der Waals surface area contributed by atoms with Crippen molar-refractivity contribution in [1.82, 2.24) is 9.97 Å². The Balaban J connectivity index is 2.27. The van der Waals surface area contributed by atoms with E-state index in [1.165, 1.54) is 0 Å². The zero-order valence-electron chi connectivity index (χ0n) is 8.11. The van der Waals surface area contributed by atoms with Crippen LogP contribution in [0.3, 0.4) is 0 Å². The van der Waals surface area contributed by atoms with Gasteiger partial charge in [-0.1, -0.05) is 11.6 Å². The maximum atomic E-state index is 6.08. The van der Waals surface area contributed by atoms with E-state index < -0.39 is 0 Å². The molecular formula is C10H8ClIN4. The summed E-state index contributed by atoms with van der Waals surface area (Å²) >= 11 is 8.28. The van der Waals surface area contributed by atoms with E-state index in [-0.39, 0.29) is 5.95 Å². The molecule has 1 heterocycles. The SMILES string of the molecule is Nc1nccc(Nc2ccc(I)cc2Cl)n1. The fraction of sp³-hybridized carbons (Fsp3) is 0. The van der Waals surface area contributed by atoms with Crippen molar-refractivity contribution in [2.45, 2.75) is 0 Å². The molecular weight excluding hydrogens is 338 g/mol. The zero-order chi connectivity index (χ0) is 11.5. The van der Waals surface area contributed by atoms with Gasteiger partial charge in [-0.2, -0.15) is 4.98 Å². The van der Waals surface area contributed by atoms with Crippen LogP contribution in [0.4, 0.5) is 17.5 Å². The molecule has 0 atom stereocenters. The standard InChI is InChI=1S/C10H8ClIN4/c11-7-5-6(12)1-2-8(7)15-9-3-4-14-10(13)16-9/h1-5H,(H3,13,14,15,16). The molecule has 82 valence electrons. The number of nitrogen functional groups attached to an aromatic ring is 1. The van der Waals surface area contributed by atoms with Crippen LogP contribution in [0.25, 0.3) is 0 Å². The van der Waals surface area contributed by atoms with Gasteiger partial charge >= 0.3 is 0 Å². The summed E-state index contributed by atoms with van der Waals surface area (Å²) in [7, 11) is 0. The van der Waals surface area contributed by atoms with Crippen LogP contribution in [0.15, 0.2) is 30.5 Å². The molecule has 0 bridgehead atoms. The smallest absolute Gasteiger partial charge is 0.221 e. The van der Waals surface area contributed by atoms with Gasteiger partial charge in [-0.15, -0.1) is 0 Å². The number of nitrogens with one attached hydrogen (secondary N) is 1. The average Bonchev–Trinajstić information content (AvgIpc) is 2.22. The first-order valence-corrected chi connectivity index (χ1v) is 5.91. The molecule has 0 aliphatic rings. The van der Waals surface area contributed by atoms with E-state index in [1.807, 2.05) is 18.2 Å². The number of benzene rings is 1. The summed E-state index contributed by atoms with van der Waals surface area (Å²) in [5, 5.41) is 3.72. The third-order valence-corrected chi connectivity index (χ3v) is 2.85. The van der Waals surface area contributed by atoms with E-state index >= 15 is 0 Å². The molecule has 0 fully saturated rings. The van der Waals surface area contributed by atoms with Crippen LogP contribution in [0, 0.1) is 3.57 Å². The van der Waals surface area contributed by atoms with Gasteiger partial charge in [0.15, 0.2) is 0 Å². The predicted molar refractivity (Wildman–Crippen MR) is 73.9 cm³/mol. The van der Waals surface area contributed by atoms with Crippen molar-refractivity contribution in [2.75, 3.05) is 11.1 Å². The summed E-state index contributed by atoms with van der Waals surface area (Å²) in [6, 6.07) is 7.45. The van der Waals surface area contributed by atoms with Crippen molar-refractivity contribution in [3.05, 3.63) is 39.1 Å². The first-order chi connectivity index (χ1) is 7.65. The Labute approximate surface area is 111 Å². The van der Waals surface area contributed by atoms with Gasteiger partial charge in [0.2, 0.25) is 5.95 Å². The zero-order valence-corrected chi connectivity index (χ0v) is 11.0. The summed E-state index contributed by atoms with van der Waals surface area (Å²) in [5.41, 5.74) is 6.27. The molecule has 16 heavy (non-hydrogen) atoms. The van der Waals surface area contributed by atoms with Gasteiger partial charge in [0.1, 0.15) is 5.82 Å². The summed E-state index contributed by atoms with van der Waals surface area (Å²) in [5.74, 6) is 0.849. The van der Waals surface area contributed by atoms with E-state index in [4.69, 9.17) is 17.3 Å². The van der Waals surface area contributed by atoms with Crippen LogP contribution in [-0.4, -0.2) is 9.97 Å². The molecule has 0 unspecified atom stereocenters. The van der Waals surface area contributed by atoms with Crippen molar-refractivity contribution in [2.24, 2.45) is 0 Å². The molecule has 0 saturated heterocycles. The van der Waals surface area contributed by atoms with Crippen molar-refractivity contribution in [1.29, 1.82) is 0 Å². The lowest BCUT2D eigenvalue weighted by atomic mass is 10.3. The Morgan fingerprint density at radius 3 is 2.81 bits per heavy atom. The average molecular weight is 347 g/mol. The molecule has 1 aromatic carbocycles. The van der Waals surface area contributed by atoms with Gasteiger partial charge in [-0.25, -0.2) is 4.98 Å². The topological polar surface area (TPSA) is 63.8 Å². The highest BCUT2D eigenvalue weighted by Gasteiger charge is 2.02. The molecule has 0 amide bonds. The summed E-state index contributed by atoms with van der Waals surface area (Å²) in [4.78, 5) is 7.84. The minimum Gasteiger partial charge on any atom is -0.368 e. The van der Waals surface area contributed by atoms with Crippen molar-refractivity contribution < 1.29 is 0 Å². The summed E-state index contributed by atoms with van der Waals surface area (Å²) in [6.07, 6.45) is 1.59. The first kappa shape index (κ1) is 11.4. The van der Waals surface area contributed by atoms with Gasteiger partial charge in [0.05, 0.1) is 10.7 Å². The predicted octanol–water partition coefficient (Wildman–Crippen LogP) is 3.06. The number of nitrogens with zero attached hydrogens (tertiary/aromatic N) is 2. The Hall–Kier alpha value is -1.08. The van der Waals surface area contributed by atoms with Crippen molar-refractivity contribution in [3.8, 4) is 0 Å². The third-order valence-electron chi connectivity index (χ3n) is 1.87. The highest BCUT2D eigenvalue weighted by molar-refractivity contribution is 14.1. The van der Waals surface area contributed by atoms with E-state index in [2.05, 4.69) is 37.9 Å². The molecule has 2 aromatic rings. The van der Waals surface area contributed by atoms with E-state index in [0.717, 1.165) is 9.26 Å². The Bertz CT molecular complexity index is 518. The number of halogens is 2. The minimum absolute atomic E-state index is 0.228. The number of hydrogen-bond donors (Lipinski definition) is 2. The number of hydrogen-bond acceptors (Lipinski definition) is 4. The number of rotatable bonds is 2. The molecule has 4 nitrogen and oxygen atoms in total. The molecule has 0 radical (unpaired) electrons. The molecule has 0 aliphatic heterocycles. The summed E-state index contributed by atoms with van der Waals surface area (Å²) in [6.45, 7) is 0. The molecule has 0 aliphatic carbocycles. The second kappa shape index (κ2) is 4.84. The summed E-state index contributed by atoms with van der Waals surface area (Å²) < 4.78 is 1.08. The maximum absolute atomic E-state index is 6.08. The van der Waals surface area contributed by atoms with Crippen molar-refractivity contribution in [3.63, 3.8) is 0 Å². The largest absolute Gasteiger partial charge is 0.368 e. The number of anilines is 3. The molecule has 3 N–H and O–H groups in total. The second-order valence-corrected chi connectivity index (χ2v) is 4.70. The van der Waals surface area contributed by atoms with Crippen LogP contribution in [0.1, 0.15) is 0 Å². The minimum atomic E-state index is 0.228. The van der Waals surface area contributed by atoms with Crippen LogP contribution < -0.4 is 11.1 Å². The molecule has 6 heteroatoms. The Morgan fingerprint density at radius 1 is 1.31 bits per heavy atom. The van der Waals surface area contributed by atoms with Gasteiger partial charge in [0.25, 0.3) is 0 Å². The van der Waals surface area contributed by atoms with Crippen LogP contribution in [0.2, 0.25) is 5.02 Å². The van der Waals surface area contributed by atoms with Gasteiger partial charge in [-0.05, 0) is 46.9 Å². The number of aromatic nitrogens is 2.